The average Bonchev–Trinajstić information content (AvgIpc) is 3.13. The molecule has 0 spiro atoms. The molecule has 1 aliphatic heterocycles. The number of aliphatic imine (C=N–C) groups is 1. The molecular weight excluding hydrogens is 492 g/mol. The van der Waals surface area contributed by atoms with Gasteiger partial charge in [0.25, 0.3) is 10.2 Å². The third-order valence-corrected chi connectivity index (χ3v) is 6.32. The highest BCUT2D eigenvalue weighted by molar-refractivity contribution is 9.10. The highest BCUT2D eigenvalue weighted by Crippen LogP contribution is 2.28. The zero-order valence-electron chi connectivity index (χ0n) is 15.6. The van der Waals surface area contributed by atoms with Gasteiger partial charge < -0.3 is 5.32 Å². The first-order chi connectivity index (χ1) is 14.2. The van der Waals surface area contributed by atoms with Crippen molar-refractivity contribution >= 4 is 43.5 Å². The van der Waals surface area contributed by atoms with Gasteiger partial charge in [0.05, 0.1) is 29.8 Å². The molecule has 2 heterocycles. The Hall–Kier alpha value is -2.20. The molecule has 1 aromatic carbocycles. The molecular formula is C15H18BrF2N7O4S. The summed E-state index contributed by atoms with van der Waals surface area (Å²) in [6.45, 7) is 0.871. The predicted molar refractivity (Wildman–Crippen MR) is 106 cm³/mol. The number of anilines is 1. The zero-order chi connectivity index (χ0) is 21.9. The molecule has 30 heavy (non-hydrogen) atoms. The summed E-state index contributed by atoms with van der Waals surface area (Å²) in [5.74, 6) is -0.700. The first-order valence-corrected chi connectivity index (χ1v) is 10.8. The van der Waals surface area contributed by atoms with Gasteiger partial charge in [-0.05, 0) is 44.4 Å². The van der Waals surface area contributed by atoms with E-state index in [1.165, 1.54) is 18.2 Å². The van der Waals surface area contributed by atoms with Crippen molar-refractivity contribution < 1.29 is 27.0 Å². The van der Waals surface area contributed by atoms with Crippen molar-refractivity contribution in [3.05, 3.63) is 34.2 Å². The number of halogens is 3. The van der Waals surface area contributed by atoms with Gasteiger partial charge in [-0.25, -0.2) is 23.1 Å². The van der Waals surface area contributed by atoms with E-state index in [4.69, 9.17) is 0 Å². The van der Waals surface area contributed by atoms with Crippen LogP contribution < -0.4 is 15.5 Å². The number of nitrogens with one attached hydrogen (secondary N) is 3. The maximum atomic E-state index is 14.8. The van der Waals surface area contributed by atoms with Crippen LogP contribution in [-0.4, -0.2) is 65.9 Å². The Bertz CT molecular complexity index is 1040. The molecule has 0 saturated carbocycles. The molecule has 1 aromatic heterocycles. The number of hydroxylamine groups is 1. The highest BCUT2D eigenvalue weighted by Gasteiger charge is 2.48. The van der Waals surface area contributed by atoms with E-state index in [-0.39, 0.29) is 53.7 Å². The Morgan fingerprint density at radius 2 is 2.17 bits per heavy atom. The number of amidine groups is 1. The van der Waals surface area contributed by atoms with Crippen molar-refractivity contribution in [3.63, 3.8) is 0 Å². The van der Waals surface area contributed by atoms with Crippen LogP contribution in [0.1, 0.15) is 12.6 Å². The van der Waals surface area contributed by atoms with Gasteiger partial charge >= 0.3 is 0 Å². The molecule has 15 heteroatoms. The minimum absolute atomic E-state index is 0.0264. The molecule has 0 unspecified atom stereocenters. The van der Waals surface area contributed by atoms with Crippen LogP contribution in [0.5, 0.6) is 0 Å². The SMILES string of the molecule is CCNS(=O)(=O)N1CC(F)(CNc2nonc2C(=Nc2ccc(F)c(Br)c2)NO)C1. The van der Waals surface area contributed by atoms with Gasteiger partial charge in [0.2, 0.25) is 5.82 Å². The third kappa shape index (κ3) is 4.92. The minimum Gasteiger partial charge on any atom is -0.362 e. The van der Waals surface area contributed by atoms with Gasteiger partial charge in [-0.3, -0.25) is 10.7 Å². The Kier molecular flexibility index (Phi) is 6.66. The molecule has 2 aromatic rings. The van der Waals surface area contributed by atoms with Gasteiger partial charge in [0, 0.05) is 6.54 Å². The molecule has 0 amide bonds. The summed E-state index contributed by atoms with van der Waals surface area (Å²) in [6, 6.07) is 3.91. The van der Waals surface area contributed by atoms with Crippen molar-refractivity contribution in [1.29, 1.82) is 0 Å². The molecule has 0 radical (unpaired) electrons. The van der Waals surface area contributed by atoms with E-state index in [1.807, 2.05) is 5.48 Å². The molecule has 164 valence electrons. The van der Waals surface area contributed by atoms with Crippen molar-refractivity contribution in [2.45, 2.75) is 12.6 Å². The molecule has 4 N–H and O–H groups in total. The Morgan fingerprint density at radius 1 is 1.43 bits per heavy atom. The van der Waals surface area contributed by atoms with Gasteiger partial charge in [-0.2, -0.15) is 12.7 Å². The lowest BCUT2D eigenvalue weighted by molar-refractivity contribution is 0.0331. The van der Waals surface area contributed by atoms with Crippen LogP contribution in [-0.2, 0) is 10.2 Å². The topological polar surface area (TPSA) is 145 Å². The maximum Gasteiger partial charge on any atom is 0.279 e. The van der Waals surface area contributed by atoms with Crippen molar-refractivity contribution in [1.82, 2.24) is 24.8 Å². The lowest BCUT2D eigenvalue weighted by Crippen LogP contribution is -2.65. The van der Waals surface area contributed by atoms with E-state index in [2.05, 4.69) is 45.9 Å². The molecule has 1 aliphatic rings. The van der Waals surface area contributed by atoms with Crippen molar-refractivity contribution in [3.8, 4) is 0 Å². The van der Waals surface area contributed by atoms with E-state index in [0.29, 0.717) is 0 Å². The third-order valence-electron chi connectivity index (χ3n) is 4.12. The highest BCUT2D eigenvalue weighted by atomic mass is 79.9. The van der Waals surface area contributed by atoms with E-state index >= 15 is 0 Å². The van der Waals surface area contributed by atoms with Gasteiger partial charge in [-0.1, -0.05) is 6.92 Å². The number of hydrogen-bond acceptors (Lipinski definition) is 8. The summed E-state index contributed by atoms with van der Waals surface area (Å²) in [5.41, 5.74) is 0.233. The lowest BCUT2D eigenvalue weighted by atomic mass is 9.99. The first-order valence-electron chi connectivity index (χ1n) is 8.62. The summed E-state index contributed by atoms with van der Waals surface area (Å²) >= 11 is 3.03. The van der Waals surface area contributed by atoms with Crippen LogP contribution in [0.4, 0.5) is 20.3 Å². The summed E-state index contributed by atoms with van der Waals surface area (Å²) in [5, 5.41) is 19.3. The zero-order valence-corrected chi connectivity index (χ0v) is 18.0. The van der Waals surface area contributed by atoms with Crippen molar-refractivity contribution in [2.75, 3.05) is 31.5 Å². The fourth-order valence-corrected chi connectivity index (χ4v) is 4.37. The smallest absolute Gasteiger partial charge is 0.279 e. The van der Waals surface area contributed by atoms with Crippen molar-refractivity contribution in [2.24, 2.45) is 4.99 Å². The quantitative estimate of drug-likeness (QED) is 0.237. The van der Waals surface area contributed by atoms with Gasteiger partial charge in [0.1, 0.15) is 5.82 Å². The van der Waals surface area contributed by atoms with Gasteiger partial charge in [0.15, 0.2) is 17.2 Å². The Balaban J connectivity index is 1.69. The molecule has 1 fully saturated rings. The number of benzene rings is 1. The van der Waals surface area contributed by atoms with Crippen LogP contribution in [0.3, 0.4) is 0 Å². The molecule has 0 bridgehead atoms. The normalized spacial score (nSPS) is 16.9. The minimum atomic E-state index is -3.71. The van der Waals surface area contributed by atoms with Crippen LogP contribution in [0.25, 0.3) is 0 Å². The number of rotatable bonds is 8. The Morgan fingerprint density at radius 3 is 2.80 bits per heavy atom. The second-order valence-electron chi connectivity index (χ2n) is 6.41. The molecule has 3 rings (SSSR count). The molecule has 11 nitrogen and oxygen atoms in total. The van der Waals surface area contributed by atoms with Crippen LogP contribution in [0, 0.1) is 5.82 Å². The summed E-state index contributed by atoms with van der Waals surface area (Å²) in [6.07, 6.45) is 0. The largest absolute Gasteiger partial charge is 0.362 e. The molecule has 0 atom stereocenters. The van der Waals surface area contributed by atoms with Crippen LogP contribution in [0.15, 0.2) is 32.3 Å². The summed E-state index contributed by atoms with van der Waals surface area (Å²) < 4.78 is 59.9. The van der Waals surface area contributed by atoms with Crippen LogP contribution >= 0.6 is 15.9 Å². The average molecular weight is 510 g/mol. The second-order valence-corrected chi connectivity index (χ2v) is 9.02. The number of hydrogen-bond donors (Lipinski definition) is 4. The monoisotopic (exact) mass is 509 g/mol. The maximum absolute atomic E-state index is 14.8. The first kappa shape index (κ1) is 22.5. The fraction of sp³-hybridized carbons (Fsp3) is 0.400. The summed E-state index contributed by atoms with van der Waals surface area (Å²) in [4.78, 5) is 4.09. The molecule has 0 aliphatic carbocycles. The number of nitrogens with zero attached hydrogens (tertiary/aromatic N) is 4. The molecule has 1 saturated heterocycles. The number of aromatic nitrogens is 2. The summed E-state index contributed by atoms with van der Waals surface area (Å²) in [7, 11) is -3.71. The second kappa shape index (κ2) is 8.89. The lowest BCUT2D eigenvalue weighted by Gasteiger charge is -2.43. The van der Waals surface area contributed by atoms with E-state index in [0.717, 1.165) is 4.31 Å². The number of alkyl halides is 1. The van der Waals surface area contributed by atoms with E-state index in [1.54, 1.807) is 6.92 Å². The van der Waals surface area contributed by atoms with E-state index < -0.39 is 21.7 Å². The van der Waals surface area contributed by atoms with Gasteiger partial charge in [-0.15, -0.1) is 0 Å². The van der Waals surface area contributed by atoms with Crippen LogP contribution in [0.2, 0.25) is 0 Å². The Labute approximate surface area is 178 Å². The standard InChI is InChI=1S/C15H18BrF2N7O4S/c1-2-20-30(27,28)25-7-15(18,8-25)6-19-13-12(23-29-24-13)14(22-26)21-9-3-4-11(17)10(16)5-9/h3-5,20,26H,2,6-8H2,1H3,(H,19,24)(H,21,22). The fourth-order valence-electron chi connectivity index (χ4n) is 2.66. The predicted octanol–water partition coefficient (Wildman–Crippen LogP) is 1.32. The van der Waals surface area contributed by atoms with E-state index in [9.17, 15) is 22.4 Å².